The number of nitrogens with one attached hydrogen (secondary N) is 1. The first-order valence-corrected chi connectivity index (χ1v) is 9.88. The summed E-state index contributed by atoms with van der Waals surface area (Å²) in [5.41, 5.74) is 9.90. The van der Waals surface area contributed by atoms with Crippen molar-refractivity contribution in [3.8, 4) is 6.07 Å². The number of hydrogen-bond acceptors (Lipinski definition) is 4. The number of pyridine rings is 1. The van der Waals surface area contributed by atoms with Gasteiger partial charge < -0.3 is 5.73 Å². The number of benzene rings is 1. The van der Waals surface area contributed by atoms with Crippen LogP contribution in [0.25, 0.3) is 0 Å². The van der Waals surface area contributed by atoms with E-state index in [9.17, 15) is 10.1 Å². The van der Waals surface area contributed by atoms with Crippen molar-refractivity contribution < 1.29 is 9.78 Å². The van der Waals surface area contributed by atoms with Crippen molar-refractivity contribution in [2.75, 3.05) is 4.90 Å². The Morgan fingerprint density at radius 2 is 1.97 bits per heavy atom. The fourth-order valence-electron chi connectivity index (χ4n) is 4.32. The van der Waals surface area contributed by atoms with Gasteiger partial charge >= 0.3 is 0 Å². The van der Waals surface area contributed by atoms with Crippen molar-refractivity contribution in [2.24, 2.45) is 11.1 Å². The van der Waals surface area contributed by atoms with E-state index in [-0.39, 0.29) is 11.2 Å². The van der Waals surface area contributed by atoms with Gasteiger partial charge in [0.1, 0.15) is 11.5 Å². The second-order valence-electron chi connectivity index (χ2n) is 8.29. The van der Waals surface area contributed by atoms with Crippen LogP contribution in [0.3, 0.4) is 0 Å². The molecule has 5 nitrogen and oxygen atoms in total. The van der Waals surface area contributed by atoms with Crippen LogP contribution in [-0.2, 0) is 4.79 Å². The Bertz CT molecular complexity index is 1080. The lowest BCUT2D eigenvalue weighted by Gasteiger charge is -2.43. The highest BCUT2D eigenvalue weighted by Gasteiger charge is 2.44. The number of allylic oxidation sites excluding steroid dienone is 3. The molecule has 4 rings (SSSR count). The molecule has 0 fully saturated rings. The minimum absolute atomic E-state index is 0.0568. The molecule has 1 aliphatic carbocycles. The van der Waals surface area contributed by atoms with Crippen LogP contribution in [0.1, 0.15) is 38.2 Å². The summed E-state index contributed by atoms with van der Waals surface area (Å²) in [6.07, 6.45) is 4.75. The Balaban J connectivity index is 1.99. The molecular formula is C23H22ClN4O+. The number of ketones is 1. The highest BCUT2D eigenvalue weighted by atomic mass is 35.5. The van der Waals surface area contributed by atoms with Gasteiger partial charge in [0, 0.05) is 28.8 Å². The van der Waals surface area contributed by atoms with E-state index in [1.807, 2.05) is 35.4 Å². The summed E-state index contributed by atoms with van der Waals surface area (Å²) in [5.74, 6) is -0.0718. The van der Waals surface area contributed by atoms with Crippen LogP contribution in [0.4, 0.5) is 5.69 Å². The second-order valence-corrected chi connectivity index (χ2v) is 8.73. The van der Waals surface area contributed by atoms with Gasteiger partial charge in [0.25, 0.3) is 0 Å². The predicted molar refractivity (Wildman–Crippen MR) is 112 cm³/mol. The topological polar surface area (TPSA) is 84.3 Å². The first-order valence-electron chi connectivity index (χ1n) is 9.50. The summed E-state index contributed by atoms with van der Waals surface area (Å²) in [4.78, 5) is 18.3. The van der Waals surface area contributed by atoms with Gasteiger partial charge in [-0.25, -0.2) is 4.98 Å². The number of aromatic amines is 1. The molecule has 1 aromatic heterocycles. The molecule has 6 heteroatoms. The molecule has 1 unspecified atom stereocenters. The number of nitrogens with zero attached hydrogens (tertiary/aromatic N) is 2. The van der Waals surface area contributed by atoms with Gasteiger partial charge in [-0.05, 0) is 35.6 Å². The fourth-order valence-corrected chi connectivity index (χ4v) is 4.44. The molecule has 2 aromatic rings. The molecule has 0 amide bonds. The van der Waals surface area contributed by atoms with Gasteiger partial charge in [-0.1, -0.05) is 37.6 Å². The number of H-pyrrole nitrogens is 1. The van der Waals surface area contributed by atoms with E-state index in [4.69, 9.17) is 17.3 Å². The number of carbonyl (C=O) groups is 1. The van der Waals surface area contributed by atoms with Gasteiger partial charge in [0.05, 0.1) is 17.6 Å². The van der Waals surface area contributed by atoms with Gasteiger partial charge in [-0.15, -0.1) is 0 Å². The van der Waals surface area contributed by atoms with Gasteiger partial charge in [-0.2, -0.15) is 5.26 Å². The van der Waals surface area contributed by atoms with Crippen LogP contribution in [0, 0.1) is 16.7 Å². The van der Waals surface area contributed by atoms with Crippen molar-refractivity contribution in [1.82, 2.24) is 0 Å². The van der Waals surface area contributed by atoms with Crippen LogP contribution >= 0.6 is 11.6 Å². The number of hydrogen-bond donors (Lipinski definition) is 1. The Morgan fingerprint density at radius 1 is 1.24 bits per heavy atom. The van der Waals surface area contributed by atoms with Crippen molar-refractivity contribution in [3.63, 3.8) is 0 Å². The largest absolute Gasteiger partial charge is 0.384 e. The standard InChI is InChI=1S/C23H21ClN4O/c1-23(2)10-18-21(19(29)11-23)20(14-5-7-15(24)8-6-14)17(12-25)22(26)28(18)16-4-3-9-27-13-16/h3-9,13,20H,10-11,26H2,1-2H3/p+1. The van der Waals surface area contributed by atoms with Crippen LogP contribution < -0.4 is 15.6 Å². The maximum Gasteiger partial charge on any atom is 0.191 e. The summed E-state index contributed by atoms with van der Waals surface area (Å²) in [6.45, 7) is 4.17. The molecule has 0 spiro atoms. The number of nitrogens with two attached hydrogens (primary N) is 1. The first-order chi connectivity index (χ1) is 13.8. The molecule has 146 valence electrons. The van der Waals surface area contributed by atoms with E-state index in [1.165, 1.54) is 0 Å². The lowest BCUT2D eigenvalue weighted by Crippen LogP contribution is -2.42. The number of nitriles is 1. The molecule has 2 aliphatic rings. The summed E-state index contributed by atoms with van der Waals surface area (Å²) < 4.78 is 0. The monoisotopic (exact) mass is 405 g/mol. The minimum atomic E-state index is -0.486. The average Bonchev–Trinajstić information content (AvgIpc) is 2.67. The van der Waals surface area contributed by atoms with Gasteiger partial charge in [-0.3, -0.25) is 9.69 Å². The second kappa shape index (κ2) is 7.06. The van der Waals surface area contributed by atoms with E-state index in [2.05, 4.69) is 24.9 Å². The zero-order valence-corrected chi connectivity index (χ0v) is 17.1. The quantitative estimate of drug-likeness (QED) is 0.815. The van der Waals surface area contributed by atoms with E-state index in [0.29, 0.717) is 34.8 Å². The maximum absolute atomic E-state index is 13.3. The molecule has 0 radical (unpaired) electrons. The lowest BCUT2D eigenvalue weighted by molar-refractivity contribution is -0.377. The number of carbonyl (C=O) groups excluding carboxylic acids is 1. The third-order valence-electron chi connectivity index (χ3n) is 5.53. The normalized spacial score (nSPS) is 21.1. The van der Waals surface area contributed by atoms with E-state index < -0.39 is 5.92 Å². The molecular weight excluding hydrogens is 384 g/mol. The van der Waals surface area contributed by atoms with Crippen molar-refractivity contribution in [3.05, 3.63) is 82.0 Å². The minimum Gasteiger partial charge on any atom is -0.384 e. The Morgan fingerprint density at radius 3 is 2.59 bits per heavy atom. The summed E-state index contributed by atoms with van der Waals surface area (Å²) in [7, 11) is 0. The number of anilines is 1. The molecule has 2 heterocycles. The summed E-state index contributed by atoms with van der Waals surface area (Å²) in [5, 5.41) is 10.6. The fraction of sp³-hybridized carbons (Fsp3) is 0.261. The SMILES string of the molecule is CC1(C)CC(=O)C2=C(C1)N(c1ccc[nH+]c1)C(N)=C(C#N)C2c1ccc(Cl)cc1. The van der Waals surface area contributed by atoms with Crippen LogP contribution in [-0.4, -0.2) is 5.78 Å². The van der Waals surface area contributed by atoms with Crippen molar-refractivity contribution in [1.29, 1.82) is 5.26 Å². The molecule has 1 atom stereocenters. The summed E-state index contributed by atoms with van der Waals surface area (Å²) >= 11 is 6.06. The van der Waals surface area contributed by atoms with Gasteiger partial charge in [0.2, 0.25) is 0 Å². The Kier molecular flexibility index (Phi) is 4.68. The van der Waals surface area contributed by atoms with Crippen LogP contribution in [0.2, 0.25) is 5.02 Å². The summed E-state index contributed by atoms with van der Waals surface area (Å²) in [6, 6.07) is 13.3. The van der Waals surface area contributed by atoms with Crippen LogP contribution in [0.5, 0.6) is 0 Å². The highest BCUT2D eigenvalue weighted by molar-refractivity contribution is 6.30. The number of halogens is 1. The number of Topliss-reactive ketones (excluding diaryl/α,β-unsaturated/α-hetero) is 1. The van der Waals surface area contributed by atoms with Crippen molar-refractivity contribution in [2.45, 2.75) is 32.6 Å². The zero-order chi connectivity index (χ0) is 20.8. The van der Waals surface area contributed by atoms with Gasteiger partial charge in [0.15, 0.2) is 18.2 Å². The van der Waals surface area contributed by atoms with Crippen LogP contribution in [0.15, 0.2) is 71.5 Å². The highest BCUT2D eigenvalue weighted by Crippen LogP contribution is 2.50. The Labute approximate surface area is 175 Å². The molecule has 1 aromatic carbocycles. The molecule has 0 bridgehead atoms. The van der Waals surface area contributed by atoms with E-state index in [0.717, 1.165) is 16.9 Å². The molecule has 0 saturated carbocycles. The molecule has 1 aliphatic heterocycles. The third-order valence-corrected chi connectivity index (χ3v) is 5.79. The molecule has 29 heavy (non-hydrogen) atoms. The number of aromatic nitrogens is 1. The first kappa shape index (κ1) is 19.2. The Hall–Kier alpha value is -3.10. The smallest absolute Gasteiger partial charge is 0.191 e. The molecule has 0 saturated heterocycles. The maximum atomic E-state index is 13.3. The number of rotatable bonds is 2. The molecule has 3 N–H and O–H groups in total. The zero-order valence-electron chi connectivity index (χ0n) is 16.4. The average molecular weight is 406 g/mol. The van der Waals surface area contributed by atoms with E-state index >= 15 is 0 Å². The van der Waals surface area contributed by atoms with E-state index in [1.54, 1.807) is 18.3 Å². The third kappa shape index (κ3) is 3.30. The van der Waals surface area contributed by atoms with Crippen molar-refractivity contribution >= 4 is 23.1 Å². The lowest BCUT2D eigenvalue weighted by atomic mass is 9.68. The predicted octanol–water partition coefficient (Wildman–Crippen LogP) is 4.09.